The summed E-state index contributed by atoms with van der Waals surface area (Å²) < 4.78 is 11.0. The maximum absolute atomic E-state index is 13.4. The summed E-state index contributed by atoms with van der Waals surface area (Å²) >= 11 is 0. The molecule has 38 heavy (non-hydrogen) atoms. The lowest BCUT2D eigenvalue weighted by molar-refractivity contribution is -0.116. The zero-order valence-electron chi connectivity index (χ0n) is 22.7. The second-order valence-corrected chi connectivity index (χ2v) is 9.74. The van der Waals surface area contributed by atoms with Crippen molar-refractivity contribution in [2.45, 2.75) is 26.2 Å². The van der Waals surface area contributed by atoms with Crippen LogP contribution in [0, 0.1) is 0 Å². The molecule has 2 N–H and O–H groups in total. The minimum absolute atomic E-state index is 0.0244. The third-order valence-corrected chi connectivity index (χ3v) is 7.15. The van der Waals surface area contributed by atoms with Gasteiger partial charge in [-0.25, -0.2) is 0 Å². The van der Waals surface area contributed by atoms with E-state index in [1.807, 2.05) is 36.4 Å². The predicted octanol–water partition coefficient (Wildman–Crippen LogP) is 3.21. The summed E-state index contributed by atoms with van der Waals surface area (Å²) in [7, 11) is 1.70. The summed E-state index contributed by atoms with van der Waals surface area (Å²) in [6, 6.07) is 13.7. The molecule has 2 aliphatic rings. The highest BCUT2D eigenvalue weighted by Crippen LogP contribution is 2.31. The molecule has 0 radical (unpaired) electrons. The second kappa shape index (κ2) is 14.0. The molecule has 0 unspecified atom stereocenters. The fraction of sp³-hybridized carbons (Fsp3) is 0.517. The Morgan fingerprint density at radius 3 is 2.37 bits per heavy atom. The van der Waals surface area contributed by atoms with Crippen molar-refractivity contribution in [2.75, 3.05) is 87.8 Å². The number of carbonyl (C=O) groups excluding carboxylic acids is 2. The molecule has 0 aliphatic carbocycles. The molecule has 2 heterocycles. The molecular weight excluding hydrogens is 482 g/mol. The molecule has 0 atom stereocenters. The van der Waals surface area contributed by atoms with Crippen molar-refractivity contribution >= 4 is 28.9 Å². The summed E-state index contributed by atoms with van der Waals surface area (Å²) in [5.41, 5.74) is 3.22. The van der Waals surface area contributed by atoms with Crippen molar-refractivity contribution in [3.8, 4) is 5.75 Å². The number of piperazine rings is 1. The summed E-state index contributed by atoms with van der Waals surface area (Å²) in [5, 5.41) is 6.07. The lowest BCUT2D eigenvalue weighted by atomic mass is 10.1. The molecule has 2 amide bonds. The molecule has 206 valence electrons. The average molecular weight is 524 g/mol. The summed E-state index contributed by atoms with van der Waals surface area (Å²) in [6.45, 7) is 9.83. The van der Waals surface area contributed by atoms with E-state index in [1.165, 1.54) is 0 Å². The normalized spacial score (nSPS) is 16.3. The van der Waals surface area contributed by atoms with Crippen molar-refractivity contribution in [2.24, 2.45) is 0 Å². The number of anilines is 3. The molecule has 0 saturated carbocycles. The van der Waals surface area contributed by atoms with E-state index in [9.17, 15) is 9.59 Å². The number of benzene rings is 2. The van der Waals surface area contributed by atoms with Crippen LogP contribution in [0.1, 0.15) is 36.5 Å². The standard InChI is InChI=1S/C29H41N5O4/c1-3-4-9-28(35)31-23-10-11-25(24(22-23)29(36)30-12-13-32-18-20-38-21-19-32)33-14-16-34(17-15-33)26-7-5-6-8-27(26)37-2/h5-8,10-11,22H,3-4,9,12-21H2,1-2H3,(H,30,36)(H,31,35). The van der Waals surface area contributed by atoms with E-state index in [0.29, 0.717) is 24.2 Å². The largest absolute Gasteiger partial charge is 0.495 e. The van der Waals surface area contributed by atoms with Crippen LogP contribution in [0.3, 0.4) is 0 Å². The third kappa shape index (κ3) is 7.39. The molecule has 9 heteroatoms. The van der Waals surface area contributed by atoms with Gasteiger partial charge in [0.05, 0.1) is 31.6 Å². The number of nitrogens with zero attached hydrogens (tertiary/aromatic N) is 3. The number of hydrogen-bond donors (Lipinski definition) is 2. The Morgan fingerprint density at radius 2 is 1.66 bits per heavy atom. The Morgan fingerprint density at radius 1 is 0.947 bits per heavy atom. The molecule has 2 aromatic carbocycles. The van der Waals surface area contributed by atoms with Gasteiger partial charge in [0.1, 0.15) is 5.75 Å². The molecule has 0 spiro atoms. The van der Waals surface area contributed by atoms with Gasteiger partial charge in [0.15, 0.2) is 0 Å². The van der Waals surface area contributed by atoms with E-state index in [0.717, 1.165) is 89.0 Å². The number of amides is 2. The Bertz CT molecular complexity index is 1060. The van der Waals surface area contributed by atoms with E-state index in [2.05, 4.69) is 38.3 Å². The molecule has 2 fully saturated rings. The van der Waals surface area contributed by atoms with Crippen molar-refractivity contribution in [1.29, 1.82) is 0 Å². The number of unbranched alkanes of at least 4 members (excludes halogenated alkanes) is 1. The Balaban J connectivity index is 1.46. The second-order valence-electron chi connectivity index (χ2n) is 9.74. The first-order valence-corrected chi connectivity index (χ1v) is 13.7. The van der Waals surface area contributed by atoms with Gasteiger partial charge in [-0.2, -0.15) is 0 Å². The van der Waals surface area contributed by atoms with E-state index in [4.69, 9.17) is 9.47 Å². The van der Waals surface area contributed by atoms with Gasteiger partial charge < -0.3 is 29.9 Å². The van der Waals surface area contributed by atoms with Crippen LogP contribution in [0.5, 0.6) is 5.75 Å². The maximum atomic E-state index is 13.4. The highest BCUT2D eigenvalue weighted by Gasteiger charge is 2.24. The smallest absolute Gasteiger partial charge is 0.253 e. The topological polar surface area (TPSA) is 86.4 Å². The number of methoxy groups -OCH3 is 1. The van der Waals surface area contributed by atoms with Crippen LogP contribution in [0.4, 0.5) is 17.1 Å². The zero-order valence-corrected chi connectivity index (χ0v) is 22.7. The third-order valence-electron chi connectivity index (χ3n) is 7.15. The monoisotopic (exact) mass is 523 g/mol. The molecule has 4 rings (SSSR count). The summed E-state index contributed by atoms with van der Waals surface area (Å²) in [6.07, 6.45) is 2.28. The maximum Gasteiger partial charge on any atom is 0.253 e. The molecule has 2 aromatic rings. The number of morpholine rings is 1. The SMILES string of the molecule is CCCCC(=O)Nc1ccc(N2CCN(c3ccccc3OC)CC2)c(C(=O)NCCN2CCOCC2)c1. The van der Waals surface area contributed by atoms with Gasteiger partial charge in [0, 0.05) is 70.2 Å². The number of nitrogens with one attached hydrogen (secondary N) is 2. The van der Waals surface area contributed by atoms with Gasteiger partial charge in [-0.15, -0.1) is 0 Å². The first kappa shape index (κ1) is 27.7. The van der Waals surface area contributed by atoms with Crippen LogP contribution >= 0.6 is 0 Å². The fourth-order valence-electron chi connectivity index (χ4n) is 4.96. The van der Waals surface area contributed by atoms with Crippen LogP contribution in [0.2, 0.25) is 0 Å². The molecule has 2 aliphatic heterocycles. The van der Waals surface area contributed by atoms with E-state index in [1.54, 1.807) is 7.11 Å². The first-order valence-electron chi connectivity index (χ1n) is 13.7. The van der Waals surface area contributed by atoms with E-state index < -0.39 is 0 Å². The van der Waals surface area contributed by atoms with Crippen molar-refractivity contribution < 1.29 is 19.1 Å². The average Bonchev–Trinajstić information content (AvgIpc) is 2.96. The number of carbonyl (C=O) groups is 2. The fourth-order valence-corrected chi connectivity index (χ4v) is 4.96. The molecule has 9 nitrogen and oxygen atoms in total. The Hall–Kier alpha value is -3.30. The van der Waals surface area contributed by atoms with Gasteiger partial charge in [0.2, 0.25) is 5.91 Å². The van der Waals surface area contributed by atoms with Crippen molar-refractivity contribution in [3.63, 3.8) is 0 Å². The number of hydrogen-bond acceptors (Lipinski definition) is 7. The van der Waals surface area contributed by atoms with Crippen LogP contribution in [0.15, 0.2) is 42.5 Å². The van der Waals surface area contributed by atoms with Crippen LogP contribution in [0.25, 0.3) is 0 Å². The van der Waals surface area contributed by atoms with E-state index in [-0.39, 0.29) is 11.8 Å². The lowest BCUT2D eigenvalue weighted by Crippen LogP contribution is -2.47. The van der Waals surface area contributed by atoms with E-state index >= 15 is 0 Å². The summed E-state index contributed by atoms with van der Waals surface area (Å²) in [5.74, 6) is 0.721. The Labute approximate surface area is 226 Å². The van der Waals surface area contributed by atoms with Crippen molar-refractivity contribution in [3.05, 3.63) is 48.0 Å². The van der Waals surface area contributed by atoms with Gasteiger partial charge in [-0.3, -0.25) is 14.5 Å². The highest BCUT2D eigenvalue weighted by molar-refractivity contribution is 6.02. The molecule has 0 bridgehead atoms. The van der Waals surface area contributed by atoms with Crippen LogP contribution < -0.4 is 25.2 Å². The van der Waals surface area contributed by atoms with Crippen LogP contribution in [-0.4, -0.2) is 89.4 Å². The van der Waals surface area contributed by atoms with Crippen molar-refractivity contribution in [1.82, 2.24) is 10.2 Å². The quantitative estimate of drug-likeness (QED) is 0.468. The highest BCUT2D eigenvalue weighted by atomic mass is 16.5. The molecule has 2 saturated heterocycles. The number of para-hydroxylation sites is 2. The summed E-state index contributed by atoms with van der Waals surface area (Å²) in [4.78, 5) is 32.6. The van der Waals surface area contributed by atoms with Gasteiger partial charge in [-0.05, 0) is 36.8 Å². The van der Waals surface area contributed by atoms with Gasteiger partial charge in [0.25, 0.3) is 5.91 Å². The number of ether oxygens (including phenoxy) is 2. The lowest BCUT2D eigenvalue weighted by Gasteiger charge is -2.38. The predicted molar refractivity (Wildman–Crippen MR) is 152 cm³/mol. The van der Waals surface area contributed by atoms with Gasteiger partial charge in [-0.1, -0.05) is 25.5 Å². The van der Waals surface area contributed by atoms with Crippen LogP contribution in [-0.2, 0) is 9.53 Å². The zero-order chi connectivity index (χ0) is 26.7. The molecule has 0 aromatic heterocycles. The number of rotatable bonds is 11. The minimum atomic E-state index is -0.120. The van der Waals surface area contributed by atoms with Gasteiger partial charge >= 0.3 is 0 Å². The minimum Gasteiger partial charge on any atom is -0.495 e. The Kier molecular flexibility index (Phi) is 10.2. The molecular formula is C29H41N5O4. The first-order chi connectivity index (χ1) is 18.6.